The first-order chi connectivity index (χ1) is 12.9. The Bertz CT molecular complexity index is 926. The Kier molecular flexibility index (Phi) is 4.14. The molecule has 4 nitrogen and oxygen atoms in total. The molecule has 4 rings (SSSR count). The maximum absolute atomic E-state index is 13.2. The molecule has 2 aromatic carbocycles. The summed E-state index contributed by atoms with van der Waals surface area (Å²) in [7, 11) is 0. The van der Waals surface area contributed by atoms with Crippen molar-refractivity contribution in [3.05, 3.63) is 77.1 Å². The summed E-state index contributed by atoms with van der Waals surface area (Å²) < 4.78 is 6.16. The number of rotatable bonds is 3. The Labute approximate surface area is 159 Å². The van der Waals surface area contributed by atoms with Gasteiger partial charge in [-0.15, -0.1) is 0 Å². The second-order valence-electron chi connectivity index (χ2n) is 8.19. The molecular formula is C23H23NO3. The van der Waals surface area contributed by atoms with Crippen LogP contribution in [0.2, 0.25) is 0 Å². The highest BCUT2D eigenvalue weighted by atomic mass is 16.5. The SMILES string of the molecule is CC1(C)CC(=O)C2=C(C1)OC(C(=O)c1ccc(N)cc1)C2c1ccccc1. The summed E-state index contributed by atoms with van der Waals surface area (Å²) in [6.07, 6.45) is 0.420. The van der Waals surface area contributed by atoms with E-state index in [4.69, 9.17) is 10.5 Å². The molecule has 0 saturated heterocycles. The molecule has 4 heteroatoms. The van der Waals surface area contributed by atoms with Crippen molar-refractivity contribution >= 4 is 17.3 Å². The zero-order valence-electron chi connectivity index (χ0n) is 15.6. The van der Waals surface area contributed by atoms with Crippen LogP contribution in [0.3, 0.4) is 0 Å². The number of allylic oxidation sites excluding steroid dienone is 1. The molecule has 0 radical (unpaired) electrons. The Morgan fingerprint density at radius 2 is 1.70 bits per heavy atom. The van der Waals surface area contributed by atoms with Crippen LogP contribution >= 0.6 is 0 Å². The fraction of sp³-hybridized carbons (Fsp3) is 0.304. The van der Waals surface area contributed by atoms with Crippen LogP contribution in [0.15, 0.2) is 65.9 Å². The average molecular weight is 361 g/mol. The van der Waals surface area contributed by atoms with Crippen molar-refractivity contribution in [3.63, 3.8) is 0 Å². The zero-order chi connectivity index (χ0) is 19.2. The topological polar surface area (TPSA) is 69.4 Å². The third-order valence-electron chi connectivity index (χ3n) is 5.37. The largest absolute Gasteiger partial charge is 0.485 e. The van der Waals surface area contributed by atoms with Crippen molar-refractivity contribution in [1.29, 1.82) is 0 Å². The lowest BCUT2D eigenvalue weighted by Crippen LogP contribution is -2.29. The maximum Gasteiger partial charge on any atom is 0.204 e. The van der Waals surface area contributed by atoms with E-state index < -0.39 is 6.10 Å². The second-order valence-corrected chi connectivity index (χ2v) is 8.19. The predicted octanol–water partition coefficient (Wildman–Crippen LogP) is 4.28. The highest BCUT2D eigenvalue weighted by Crippen LogP contribution is 2.49. The van der Waals surface area contributed by atoms with Gasteiger partial charge in [0.2, 0.25) is 5.78 Å². The molecule has 1 aliphatic carbocycles. The van der Waals surface area contributed by atoms with Crippen molar-refractivity contribution in [2.45, 2.75) is 38.7 Å². The van der Waals surface area contributed by atoms with Crippen LogP contribution in [0, 0.1) is 5.41 Å². The van der Waals surface area contributed by atoms with Gasteiger partial charge < -0.3 is 10.5 Å². The summed E-state index contributed by atoms with van der Waals surface area (Å²) >= 11 is 0. The van der Waals surface area contributed by atoms with Crippen molar-refractivity contribution in [2.75, 3.05) is 5.73 Å². The van der Waals surface area contributed by atoms with Gasteiger partial charge in [0, 0.05) is 29.7 Å². The van der Waals surface area contributed by atoms with Gasteiger partial charge in [-0.05, 0) is 35.2 Å². The van der Waals surface area contributed by atoms with Gasteiger partial charge in [0.25, 0.3) is 0 Å². The van der Waals surface area contributed by atoms with Gasteiger partial charge in [-0.2, -0.15) is 0 Å². The number of nitrogens with two attached hydrogens (primary N) is 1. The summed E-state index contributed by atoms with van der Waals surface area (Å²) in [6.45, 7) is 4.12. The molecule has 0 spiro atoms. The predicted molar refractivity (Wildman–Crippen MR) is 104 cm³/mol. The number of ketones is 2. The molecule has 1 aliphatic heterocycles. The minimum absolute atomic E-state index is 0.0858. The first-order valence-corrected chi connectivity index (χ1v) is 9.23. The molecule has 2 aromatic rings. The first-order valence-electron chi connectivity index (χ1n) is 9.23. The minimum atomic E-state index is -0.723. The molecule has 2 unspecified atom stereocenters. The summed E-state index contributed by atoms with van der Waals surface area (Å²) in [5, 5.41) is 0. The smallest absolute Gasteiger partial charge is 0.204 e. The van der Waals surface area contributed by atoms with Gasteiger partial charge in [-0.1, -0.05) is 44.2 Å². The fourth-order valence-electron chi connectivity index (χ4n) is 4.12. The van der Waals surface area contributed by atoms with Crippen LogP contribution in [0.25, 0.3) is 0 Å². The van der Waals surface area contributed by atoms with Crippen LogP contribution in [-0.4, -0.2) is 17.7 Å². The fourth-order valence-corrected chi connectivity index (χ4v) is 4.12. The molecule has 2 aliphatic rings. The molecule has 1 heterocycles. The van der Waals surface area contributed by atoms with E-state index >= 15 is 0 Å². The lowest BCUT2D eigenvalue weighted by atomic mass is 9.72. The number of benzene rings is 2. The number of anilines is 1. The molecule has 0 aromatic heterocycles. The number of carbonyl (C=O) groups is 2. The number of nitrogen functional groups attached to an aromatic ring is 1. The molecule has 0 fully saturated rings. The Morgan fingerprint density at radius 1 is 1.04 bits per heavy atom. The molecule has 0 bridgehead atoms. The lowest BCUT2D eigenvalue weighted by Gasteiger charge is -2.29. The molecular weight excluding hydrogens is 338 g/mol. The molecule has 0 amide bonds. The molecule has 2 atom stereocenters. The summed E-state index contributed by atoms with van der Waals surface area (Å²) in [5.41, 5.74) is 8.35. The number of hydrogen-bond donors (Lipinski definition) is 1. The number of ether oxygens (including phenoxy) is 1. The van der Waals surface area contributed by atoms with Crippen LogP contribution in [0.5, 0.6) is 0 Å². The summed E-state index contributed by atoms with van der Waals surface area (Å²) in [5.74, 6) is 0.278. The van der Waals surface area contributed by atoms with Gasteiger partial charge in [0.1, 0.15) is 5.76 Å². The summed E-state index contributed by atoms with van der Waals surface area (Å²) in [4.78, 5) is 26.2. The van der Waals surface area contributed by atoms with Crippen molar-refractivity contribution in [2.24, 2.45) is 5.41 Å². The van der Waals surface area contributed by atoms with Gasteiger partial charge >= 0.3 is 0 Å². The van der Waals surface area contributed by atoms with Crippen molar-refractivity contribution < 1.29 is 14.3 Å². The van der Waals surface area contributed by atoms with E-state index in [0.29, 0.717) is 35.4 Å². The van der Waals surface area contributed by atoms with E-state index in [2.05, 4.69) is 13.8 Å². The van der Waals surface area contributed by atoms with Gasteiger partial charge in [0.05, 0.1) is 5.92 Å². The normalized spacial score (nSPS) is 23.7. The van der Waals surface area contributed by atoms with E-state index in [9.17, 15) is 9.59 Å². The summed E-state index contributed by atoms with van der Waals surface area (Å²) in [6, 6.07) is 16.5. The molecule has 2 N–H and O–H groups in total. The van der Waals surface area contributed by atoms with Crippen molar-refractivity contribution in [3.8, 4) is 0 Å². The molecule has 138 valence electrons. The van der Waals surface area contributed by atoms with Crippen LogP contribution in [0.4, 0.5) is 5.69 Å². The third kappa shape index (κ3) is 3.16. The lowest BCUT2D eigenvalue weighted by molar-refractivity contribution is -0.118. The number of carbonyl (C=O) groups excluding carboxylic acids is 2. The van der Waals surface area contributed by atoms with Crippen LogP contribution < -0.4 is 5.73 Å². The van der Waals surface area contributed by atoms with Crippen LogP contribution in [0.1, 0.15) is 48.5 Å². The van der Waals surface area contributed by atoms with Crippen LogP contribution in [-0.2, 0) is 9.53 Å². The van der Waals surface area contributed by atoms with E-state index in [1.54, 1.807) is 24.3 Å². The third-order valence-corrected chi connectivity index (χ3v) is 5.37. The van der Waals surface area contributed by atoms with E-state index in [0.717, 1.165) is 5.56 Å². The minimum Gasteiger partial charge on any atom is -0.485 e. The zero-order valence-corrected chi connectivity index (χ0v) is 15.6. The van der Waals surface area contributed by atoms with Crippen molar-refractivity contribution in [1.82, 2.24) is 0 Å². The van der Waals surface area contributed by atoms with Gasteiger partial charge in [-0.25, -0.2) is 0 Å². The Hall–Kier alpha value is -2.88. The number of hydrogen-bond acceptors (Lipinski definition) is 4. The number of Topliss-reactive ketones (excluding diaryl/α,β-unsaturated/α-hetero) is 2. The quantitative estimate of drug-likeness (QED) is 0.654. The van der Waals surface area contributed by atoms with Gasteiger partial charge in [-0.3, -0.25) is 9.59 Å². The Balaban J connectivity index is 1.77. The van der Waals surface area contributed by atoms with E-state index in [1.165, 1.54) is 0 Å². The highest BCUT2D eigenvalue weighted by molar-refractivity contribution is 6.05. The highest BCUT2D eigenvalue weighted by Gasteiger charge is 2.48. The molecule has 27 heavy (non-hydrogen) atoms. The van der Waals surface area contributed by atoms with E-state index in [-0.39, 0.29) is 22.9 Å². The van der Waals surface area contributed by atoms with E-state index in [1.807, 2.05) is 30.3 Å². The second kappa shape index (κ2) is 6.38. The molecule has 0 saturated carbocycles. The monoisotopic (exact) mass is 361 g/mol. The van der Waals surface area contributed by atoms with Gasteiger partial charge in [0.15, 0.2) is 11.9 Å². The first kappa shape index (κ1) is 17.5. The Morgan fingerprint density at radius 3 is 2.37 bits per heavy atom. The average Bonchev–Trinajstić information content (AvgIpc) is 3.01. The maximum atomic E-state index is 13.2. The standard InChI is InChI=1S/C23H23NO3/c1-23(2)12-17(25)20-18(13-23)27-22(19(20)14-6-4-3-5-7-14)21(26)15-8-10-16(24)11-9-15/h3-11,19,22H,12-13,24H2,1-2H3.